The van der Waals surface area contributed by atoms with Gasteiger partial charge in [-0.15, -0.1) is 18.3 Å². The molecule has 0 saturated heterocycles. The van der Waals surface area contributed by atoms with Crippen LogP contribution in [0.4, 0.5) is 0 Å². The second kappa shape index (κ2) is 6.44. The lowest BCUT2D eigenvalue weighted by Crippen LogP contribution is -2.35. The smallest absolute Gasteiger partial charge is 0.0181 e. The zero-order valence-electron chi connectivity index (χ0n) is 11.4. The molecule has 0 aromatic heterocycles. The summed E-state index contributed by atoms with van der Waals surface area (Å²) < 4.78 is 0. The van der Waals surface area contributed by atoms with Crippen molar-refractivity contribution in [2.45, 2.75) is 43.5 Å². The summed E-state index contributed by atoms with van der Waals surface area (Å²) in [6.07, 6.45) is 2.27. The Hall–Kier alpha value is -0.730. The number of hydrogen-bond donors (Lipinski definition) is 1. The van der Waals surface area contributed by atoms with Crippen LogP contribution in [0.1, 0.15) is 38.2 Å². The summed E-state index contributed by atoms with van der Waals surface area (Å²) in [5, 5.41) is 3.71. The summed E-state index contributed by atoms with van der Waals surface area (Å²) in [4.78, 5) is 1.47. The summed E-state index contributed by atoms with van der Waals surface area (Å²) in [5.74, 6) is 1.84. The van der Waals surface area contributed by atoms with E-state index < -0.39 is 0 Å². The molecule has 2 unspecified atom stereocenters. The van der Waals surface area contributed by atoms with E-state index in [1.165, 1.54) is 28.2 Å². The Morgan fingerprint density at radius 3 is 3.00 bits per heavy atom. The number of fused-ring (bicyclic) bond motifs is 1. The minimum atomic E-state index is 0.540. The lowest BCUT2D eigenvalue weighted by Gasteiger charge is -2.25. The van der Waals surface area contributed by atoms with Crippen molar-refractivity contribution in [1.29, 1.82) is 0 Å². The maximum absolute atomic E-state index is 4.08. The van der Waals surface area contributed by atoms with Crippen LogP contribution in [0.3, 0.4) is 0 Å². The van der Waals surface area contributed by atoms with Crippen LogP contribution in [0.5, 0.6) is 0 Å². The van der Waals surface area contributed by atoms with Crippen molar-refractivity contribution < 1.29 is 0 Å². The second-order valence-electron chi connectivity index (χ2n) is 5.18. The van der Waals surface area contributed by atoms with Gasteiger partial charge < -0.3 is 5.32 Å². The van der Waals surface area contributed by atoms with Gasteiger partial charge in [0.2, 0.25) is 0 Å². The van der Waals surface area contributed by atoms with Crippen LogP contribution >= 0.6 is 11.8 Å². The molecule has 1 aromatic carbocycles. The van der Waals surface area contributed by atoms with Crippen molar-refractivity contribution in [2.24, 2.45) is 0 Å². The molecule has 2 rings (SSSR count). The minimum absolute atomic E-state index is 0.540. The van der Waals surface area contributed by atoms with E-state index in [0.717, 1.165) is 13.0 Å². The number of nitrogens with one attached hydrogen (secondary N) is 1. The Morgan fingerprint density at radius 2 is 2.28 bits per heavy atom. The number of thioether (sulfide) groups is 1. The highest BCUT2D eigenvalue weighted by Gasteiger charge is 2.29. The maximum Gasteiger partial charge on any atom is 0.0181 e. The molecule has 0 amide bonds. The van der Waals surface area contributed by atoms with Crippen molar-refractivity contribution in [1.82, 2.24) is 5.32 Å². The van der Waals surface area contributed by atoms with Gasteiger partial charge in [0.25, 0.3) is 0 Å². The van der Waals surface area contributed by atoms with E-state index in [-0.39, 0.29) is 0 Å². The van der Waals surface area contributed by atoms with Crippen LogP contribution in [-0.2, 0) is 0 Å². The van der Waals surface area contributed by atoms with Crippen LogP contribution in [0.15, 0.2) is 41.3 Å². The van der Waals surface area contributed by atoms with Crippen molar-refractivity contribution in [3.05, 3.63) is 42.0 Å². The van der Waals surface area contributed by atoms with E-state index in [1.807, 2.05) is 11.8 Å². The first-order valence-corrected chi connectivity index (χ1v) is 7.80. The highest BCUT2D eigenvalue weighted by atomic mass is 32.2. The fourth-order valence-corrected chi connectivity index (χ4v) is 3.91. The van der Waals surface area contributed by atoms with Crippen LogP contribution in [-0.4, -0.2) is 18.3 Å². The first kappa shape index (κ1) is 13.7. The Labute approximate surface area is 115 Å². The van der Waals surface area contributed by atoms with Gasteiger partial charge in [0.15, 0.2) is 0 Å². The highest BCUT2D eigenvalue weighted by Crippen LogP contribution is 2.42. The summed E-state index contributed by atoms with van der Waals surface area (Å²) in [7, 11) is 0. The molecule has 0 saturated carbocycles. The van der Waals surface area contributed by atoms with Crippen molar-refractivity contribution >= 4 is 11.8 Å². The zero-order valence-corrected chi connectivity index (χ0v) is 12.2. The van der Waals surface area contributed by atoms with Gasteiger partial charge in [-0.25, -0.2) is 0 Å². The van der Waals surface area contributed by atoms with E-state index in [2.05, 4.69) is 50.0 Å². The third-order valence-corrected chi connectivity index (χ3v) is 4.66. The third kappa shape index (κ3) is 3.18. The lowest BCUT2D eigenvalue weighted by molar-refractivity contribution is 0.451. The SMILES string of the molecule is C=C(C)CC(NCCC)C1CSc2ccccc21. The molecule has 0 bridgehead atoms. The highest BCUT2D eigenvalue weighted by molar-refractivity contribution is 7.99. The average molecular weight is 261 g/mol. The molecule has 0 aliphatic carbocycles. The monoisotopic (exact) mass is 261 g/mol. The van der Waals surface area contributed by atoms with Gasteiger partial charge in [-0.05, 0) is 37.9 Å². The second-order valence-corrected chi connectivity index (χ2v) is 6.24. The van der Waals surface area contributed by atoms with Crippen LogP contribution < -0.4 is 5.32 Å². The predicted octanol–water partition coefficient (Wildman–Crippen LogP) is 4.21. The van der Waals surface area contributed by atoms with Crippen LogP contribution in [0.25, 0.3) is 0 Å². The van der Waals surface area contributed by atoms with E-state index in [9.17, 15) is 0 Å². The number of rotatable bonds is 6. The van der Waals surface area contributed by atoms with Gasteiger partial charge in [0, 0.05) is 22.6 Å². The molecule has 2 atom stereocenters. The van der Waals surface area contributed by atoms with E-state index in [4.69, 9.17) is 0 Å². The molecular weight excluding hydrogens is 238 g/mol. The average Bonchev–Trinajstić information content (AvgIpc) is 2.78. The molecule has 1 aliphatic rings. The summed E-state index contributed by atoms with van der Waals surface area (Å²) in [5.41, 5.74) is 2.80. The van der Waals surface area contributed by atoms with Gasteiger partial charge in [-0.3, -0.25) is 0 Å². The summed E-state index contributed by atoms with van der Waals surface area (Å²) in [6, 6.07) is 9.38. The molecule has 18 heavy (non-hydrogen) atoms. The Kier molecular flexibility index (Phi) is 4.90. The zero-order chi connectivity index (χ0) is 13.0. The Morgan fingerprint density at radius 1 is 1.50 bits per heavy atom. The topological polar surface area (TPSA) is 12.0 Å². The molecule has 0 spiro atoms. The molecule has 1 nitrogen and oxygen atoms in total. The van der Waals surface area contributed by atoms with E-state index in [1.54, 1.807) is 0 Å². The molecule has 1 N–H and O–H groups in total. The maximum atomic E-state index is 4.08. The lowest BCUT2D eigenvalue weighted by atomic mass is 9.89. The molecule has 0 fully saturated rings. The van der Waals surface area contributed by atoms with E-state index in [0.29, 0.717) is 12.0 Å². The molecule has 1 aromatic rings. The third-order valence-electron chi connectivity index (χ3n) is 3.45. The normalized spacial score (nSPS) is 19.6. The standard InChI is InChI=1S/C16H23NS/c1-4-9-17-15(10-12(2)3)14-11-18-16-8-6-5-7-13(14)16/h5-8,14-15,17H,2,4,9-11H2,1,3H3. The van der Waals surface area contributed by atoms with Gasteiger partial charge in [-0.1, -0.05) is 30.7 Å². The first-order valence-electron chi connectivity index (χ1n) is 6.82. The van der Waals surface area contributed by atoms with Crippen molar-refractivity contribution in [2.75, 3.05) is 12.3 Å². The minimum Gasteiger partial charge on any atom is -0.313 e. The quantitative estimate of drug-likeness (QED) is 0.770. The van der Waals surface area contributed by atoms with Crippen LogP contribution in [0, 0.1) is 0 Å². The van der Waals surface area contributed by atoms with Crippen LogP contribution in [0.2, 0.25) is 0 Å². The molecule has 2 heteroatoms. The molecular formula is C16H23NS. The molecule has 1 aliphatic heterocycles. The molecule has 98 valence electrons. The Balaban J connectivity index is 2.14. The number of benzene rings is 1. The Bertz CT molecular complexity index is 413. The van der Waals surface area contributed by atoms with Crippen molar-refractivity contribution in [3.8, 4) is 0 Å². The van der Waals surface area contributed by atoms with Gasteiger partial charge in [0.05, 0.1) is 0 Å². The van der Waals surface area contributed by atoms with E-state index >= 15 is 0 Å². The van der Waals surface area contributed by atoms with Gasteiger partial charge in [-0.2, -0.15) is 0 Å². The first-order chi connectivity index (χ1) is 8.72. The van der Waals surface area contributed by atoms with Crippen molar-refractivity contribution in [3.63, 3.8) is 0 Å². The van der Waals surface area contributed by atoms with Gasteiger partial charge >= 0.3 is 0 Å². The molecule has 0 radical (unpaired) electrons. The fraction of sp³-hybridized carbons (Fsp3) is 0.500. The summed E-state index contributed by atoms with van der Waals surface area (Å²) in [6.45, 7) is 9.54. The fourth-order valence-electron chi connectivity index (χ4n) is 2.58. The summed E-state index contributed by atoms with van der Waals surface area (Å²) >= 11 is 2.00. The molecule has 1 heterocycles. The predicted molar refractivity (Wildman–Crippen MR) is 81.4 cm³/mol. The number of hydrogen-bond acceptors (Lipinski definition) is 2. The van der Waals surface area contributed by atoms with Gasteiger partial charge in [0.1, 0.15) is 0 Å². The largest absolute Gasteiger partial charge is 0.313 e.